The molecule has 3 N–H and O–H groups in total. The largest absolute Gasteiger partial charge is 0.481 e. The Morgan fingerprint density at radius 1 is 0.792 bits per heavy atom. The zero-order chi connectivity index (χ0) is 36.4. The van der Waals surface area contributed by atoms with Crippen molar-refractivity contribution in [2.45, 2.75) is 75.0 Å². The number of hydrogen-bond acceptors (Lipinski definition) is 8. The van der Waals surface area contributed by atoms with Crippen LogP contribution in [0.2, 0.25) is 10.0 Å². The van der Waals surface area contributed by atoms with Gasteiger partial charge in [0.1, 0.15) is 0 Å². The van der Waals surface area contributed by atoms with Crippen LogP contribution in [-0.2, 0) is 22.4 Å². The van der Waals surface area contributed by atoms with Gasteiger partial charge in [0, 0.05) is 84.0 Å². The average molecular weight is 754 g/mol. The molecule has 9 rings (SSSR count). The summed E-state index contributed by atoms with van der Waals surface area (Å²) in [6.45, 7) is 2.43. The normalized spacial score (nSPS) is 22.8. The Bertz CT molecular complexity index is 2150. The lowest BCUT2D eigenvalue weighted by molar-refractivity contribution is -0.121. The molecule has 10 nitrogen and oxygen atoms in total. The van der Waals surface area contributed by atoms with Crippen LogP contribution in [0.25, 0.3) is 33.6 Å². The average Bonchev–Trinajstić information content (AvgIpc) is 3.95. The van der Waals surface area contributed by atoms with Crippen LogP contribution in [-0.4, -0.2) is 72.1 Å². The molecule has 3 fully saturated rings. The highest BCUT2D eigenvalue weighted by Gasteiger charge is 2.51. The highest BCUT2D eigenvalue weighted by atomic mass is 35.5. The SMILES string of the molecule is COc1nc(-c2cccc(-c3cccc(-c4cc5c(c(OC)n4)C(N4CC6(CCC(=O)N6)C4)CC5)c3Cl)c2Cl)cc2c1C(NCC1CCC(=O)N1)CC2. The van der Waals surface area contributed by atoms with Crippen LogP contribution in [0.3, 0.4) is 0 Å². The number of carbonyl (C=O) groups is 2. The van der Waals surface area contributed by atoms with Crippen molar-refractivity contribution in [2.24, 2.45) is 0 Å². The van der Waals surface area contributed by atoms with E-state index >= 15 is 0 Å². The summed E-state index contributed by atoms with van der Waals surface area (Å²) in [5.41, 5.74) is 9.23. The number of aromatic nitrogens is 2. The van der Waals surface area contributed by atoms with Crippen LogP contribution in [0.4, 0.5) is 0 Å². The molecule has 2 amide bonds. The minimum absolute atomic E-state index is 0.0765. The van der Waals surface area contributed by atoms with Gasteiger partial charge in [-0.15, -0.1) is 0 Å². The van der Waals surface area contributed by atoms with Crippen LogP contribution < -0.4 is 25.4 Å². The minimum atomic E-state index is -0.0765. The number of carbonyl (C=O) groups excluding carboxylic acids is 2. The molecule has 2 aromatic carbocycles. The quantitative estimate of drug-likeness (QED) is 0.175. The third-order valence-corrected chi connectivity index (χ3v) is 12.7. The fourth-order valence-corrected chi connectivity index (χ4v) is 9.95. The highest BCUT2D eigenvalue weighted by Crippen LogP contribution is 2.48. The Morgan fingerprint density at radius 3 is 1.98 bits per heavy atom. The molecule has 2 aliphatic carbocycles. The first-order chi connectivity index (χ1) is 25.7. The second-order valence-corrected chi connectivity index (χ2v) is 15.9. The fraction of sp³-hybridized carbons (Fsp3) is 0.415. The number of fused-ring (bicyclic) bond motifs is 2. The molecule has 4 aromatic rings. The van der Waals surface area contributed by atoms with Gasteiger partial charge in [-0.05, 0) is 61.8 Å². The molecular weight excluding hydrogens is 711 g/mol. The molecule has 1 spiro atoms. The maximum atomic E-state index is 11.9. The van der Waals surface area contributed by atoms with E-state index in [0.29, 0.717) is 41.2 Å². The number of nitrogens with one attached hydrogen (secondary N) is 3. The van der Waals surface area contributed by atoms with Gasteiger partial charge in [-0.1, -0.05) is 59.6 Å². The summed E-state index contributed by atoms with van der Waals surface area (Å²) in [6, 6.07) is 16.6. The standard InChI is InChI=1S/C41H42Cl2N6O4/c1-52-39-35-22(9-12-29(35)44-19-24-11-14-33(50)45-24)17-30(46-39)27-7-3-5-25(37(27)42)26-6-4-8-28(38(26)43)31-18-23-10-13-32(36(23)40(47-31)53-2)49-20-41(21-49)16-15-34(51)48-41/h3-8,17-18,24,29,32,44H,9-16,19-21H2,1-2H3,(H,45,50)(H,48,51). The lowest BCUT2D eigenvalue weighted by atomic mass is 9.86. The monoisotopic (exact) mass is 752 g/mol. The van der Waals surface area contributed by atoms with Crippen molar-refractivity contribution < 1.29 is 19.1 Å². The molecule has 274 valence electrons. The van der Waals surface area contributed by atoms with Crippen molar-refractivity contribution in [2.75, 3.05) is 33.9 Å². The molecule has 53 heavy (non-hydrogen) atoms. The number of nitrogens with zero attached hydrogens (tertiary/aromatic N) is 3. The van der Waals surface area contributed by atoms with Crippen molar-refractivity contribution in [1.29, 1.82) is 0 Å². The van der Waals surface area contributed by atoms with Crippen LogP contribution >= 0.6 is 23.2 Å². The van der Waals surface area contributed by atoms with E-state index < -0.39 is 0 Å². The fourth-order valence-electron chi connectivity index (χ4n) is 9.30. The Kier molecular flexibility index (Phi) is 8.84. The number of halogens is 2. The summed E-state index contributed by atoms with van der Waals surface area (Å²) in [5.74, 6) is 1.48. The van der Waals surface area contributed by atoms with E-state index in [9.17, 15) is 9.59 Å². The minimum Gasteiger partial charge on any atom is -0.481 e. The molecule has 5 heterocycles. The first-order valence-electron chi connectivity index (χ1n) is 18.6. The Balaban J connectivity index is 0.995. The van der Waals surface area contributed by atoms with Crippen LogP contribution in [0.1, 0.15) is 72.9 Å². The zero-order valence-corrected chi connectivity index (χ0v) is 31.4. The van der Waals surface area contributed by atoms with Gasteiger partial charge in [-0.25, -0.2) is 9.97 Å². The van der Waals surface area contributed by atoms with E-state index in [2.05, 4.69) is 33.0 Å². The van der Waals surface area contributed by atoms with Gasteiger partial charge in [-0.2, -0.15) is 0 Å². The van der Waals surface area contributed by atoms with Crippen molar-refractivity contribution in [3.8, 4) is 45.4 Å². The Hall–Kier alpha value is -4.22. The van der Waals surface area contributed by atoms with Gasteiger partial charge >= 0.3 is 0 Å². The lowest BCUT2D eigenvalue weighted by Crippen LogP contribution is -2.67. The lowest BCUT2D eigenvalue weighted by Gasteiger charge is -2.50. The summed E-state index contributed by atoms with van der Waals surface area (Å²) in [6.07, 6.45) is 6.66. The van der Waals surface area contributed by atoms with E-state index in [1.54, 1.807) is 14.2 Å². The van der Waals surface area contributed by atoms with Crippen LogP contribution in [0.5, 0.6) is 11.8 Å². The van der Waals surface area contributed by atoms with E-state index in [1.807, 2.05) is 36.4 Å². The Morgan fingerprint density at radius 2 is 1.40 bits per heavy atom. The second-order valence-electron chi connectivity index (χ2n) is 15.1. The molecule has 3 aliphatic heterocycles. The molecular formula is C41H42Cl2N6O4. The molecule has 0 saturated carbocycles. The Labute approximate surface area is 319 Å². The number of hydrogen-bond donors (Lipinski definition) is 3. The summed E-state index contributed by atoms with van der Waals surface area (Å²) >= 11 is 14.5. The third kappa shape index (κ3) is 6.04. The number of ether oxygens (including phenoxy) is 2. The molecule has 0 radical (unpaired) electrons. The topological polar surface area (TPSA) is 118 Å². The number of methoxy groups -OCH3 is 2. The van der Waals surface area contributed by atoms with Crippen LogP contribution in [0.15, 0.2) is 48.5 Å². The van der Waals surface area contributed by atoms with Crippen molar-refractivity contribution in [3.05, 3.63) is 80.8 Å². The molecule has 0 bridgehead atoms. The van der Waals surface area contributed by atoms with Crippen LogP contribution in [0, 0.1) is 0 Å². The number of pyridine rings is 2. The predicted octanol–water partition coefficient (Wildman–Crippen LogP) is 6.61. The number of amides is 2. The van der Waals surface area contributed by atoms with Crippen molar-refractivity contribution in [3.63, 3.8) is 0 Å². The summed E-state index contributed by atoms with van der Waals surface area (Å²) < 4.78 is 11.8. The van der Waals surface area contributed by atoms with Gasteiger partial charge in [0.05, 0.1) is 41.2 Å². The molecule has 3 unspecified atom stereocenters. The molecule has 3 saturated heterocycles. The molecule has 12 heteroatoms. The highest BCUT2D eigenvalue weighted by molar-refractivity contribution is 6.39. The maximum Gasteiger partial charge on any atom is 0.220 e. The number of likely N-dealkylation sites (tertiary alicyclic amines) is 1. The molecule has 3 atom stereocenters. The predicted molar refractivity (Wildman–Crippen MR) is 204 cm³/mol. The smallest absolute Gasteiger partial charge is 0.220 e. The summed E-state index contributed by atoms with van der Waals surface area (Å²) in [7, 11) is 3.33. The third-order valence-electron chi connectivity index (χ3n) is 11.9. The number of rotatable bonds is 9. The maximum absolute atomic E-state index is 11.9. The van der Waals surface area contributed by atoms with E-state index in [0.717, 1.165) is 96.4 Å². The first-order valence-corrected chi connectivity index (χ1v) is 19.3. The summed E-state index contributed by atoms with van der Waals surface area (Å²) in [5, 5.41) is 11.0. The number of aryl methyl sites for hydroxylation is 2. The van der Waals surface area contributed by atoms with Gasteiger partial charge in [0.25, 0.3) is 0 Å². The zero-order valence-electron chi connectivity index (χ0n) is 29.9. The first kappa shape index (κ1) is 34.5. The van der Waals surface area contributed by atoms with Crippen molar-refractivity contribution in [1.82, 2.24) is 30.8 Å². The van der Waals surface area contributed by atoms with Gasteiger partial charge in [0.15, 0.2) is 0 Å². The van der Waals surface area contributed by atoms with E-state index in [4.69, 9.17) is 42.6 Å². The molecule has 2 aromatic heterocycles. The number of benzene rings is 2. The van der Waals surface area contributed by atoms with Gasteiger partial charge in [0.2, 0.25) is 23.6 Å². The summed E-state index contributed by atoms with van der Waals surface area (Å²) in [4.78, 5) is 36.1. The van der Waals surface area contributed by atoms with E-state index in [-0.39, 0.29) is 35.5 Å². The van der Waals surface area contributed by atoms with Gasteiger partial charge in [-0.3, -0.25) is 14.5 Å². The second kappa shape index (κ2) is 13.6. The van der Waals surface area contributed by atoms with Crippen molar-refractivity contribution >= 4 is 35.0 Å². The molecule has 5 aliphatic rings. The van der Waals surface area contributed by atoms with Gasteiger partial charge < -0.3 is 25.4 Å². The van der Waals surface area contributed by atoms with E-state index in [1.165, 1.54) is 11.1 Å².